The monoisotopic (exact) mass is 488 g/mol. The van der Waals surface area contributed by atoms with Gasteiger partial charge in [0.25, 0.3) is 0 Å². The van der Waals surface area contributed by atoms with Crippen LogP contribution in [0.2, 0.25) is 0 Å². The fourth-order valence-corrected chi connectivity index (χ4v) is 3.17. The van der Waals surface area contributed by atoms with Crippen molar-refractivity contribution >= 4 is 17.9 Å². The number of halogens is 1. The normalized spacial score (nSPS) is 11.1. The van der Waals surface area contributed by atoms with Crippen LogP contribution in [0.15, 0.2) is 78.3 Å². The lowest BCUT2D eigenvalue weighted by Crippen LogP contribution is -2.24. The Morgan fingerprint density at radius 3 is 2.78 bits per heavy atom. The minimum Gasteiger partial charge on any atom is -0.454 e. The number of urea groups is 1. The number of ether oxygens (including phenoxy) is 1. The molecule has 10 nitrogen and oxygen atoms in total. The van der Waals surface area contributed by atoms with E-state index in [0.29, 0.717) is 23.8 Å². The number of pyridine rings is 1. The molecule has 2 aromatic carbocycles. The lowest BCUT2D eigenvalue weighted by atomic mass is 10.2. The lowest BCUT2D eigenvalue weighted by molar-refractivity contribution is 0.252. The summed E-state index contributed by atoms with van der Waals surface area (Å²) in [4.78, 5) is 18.4. The fourth-order valence-electron chi connectivity index (χ4n) is 3.17. The molecule has 11 heteroatoms. The van der Waals surface area contributed by atoms with Crippen LogP contribution in [0.4, 0.5) is 14.9 Å². The van der Waals surface area contributed by atoms with Crippen LogP contribution in [-0.4, -0.2) is 57.5 Å². The zero-order valence-electron chi connectivity index (χ0n) is 19.8. The molecule has 2 N–H and O–H groups in total. The first-order valence-corrected chi connectivity index (χ1v) is 11.1. The van der Waals surface area contributed by atoms with E-state index >= 15 is 0 Å². The molecular weight excluding hydrogens is 463 g/mol. The molecule has 0 unspecified atom stereocenters. The molecular formula is C25H25FN8O2. The molecule has 0 spiro atoms. The Morgan fingerprint density at radius 2 is 2.00 bits per heavy atom. The van der Waals surface area contributed by atoms with Gasteiger partial charge in [-0.15, -0.1) is 10.2 Å². The number of anilines is 1. The summed E-state index contributed by atoms with van der Waals surface area (Å²) in [5, 5.41) is 14.5. The second-order valence-corrected chi connectivity index (χ2v) is 8.01. The van der Waals surface area contributed by atoms with Gasteiger partial charge in [-0.25, -0.2) is 14.6 Å². The van der Waals surface area contributed by atoms with E-state index in [4.69, 9.17) is 4.74 Å². The third-order valence-electron chi connectivity index (χ3n) is 4.96. The number of hydrazone groups is 1. The molecule has 36 heavy (non-hydrogen) atoms. The van der Waals surface area contributed by atoms with Crippen LogP contribution in [0.1, 0.15) is 5.56 Å². The summed E-state index contributed by atoms with van der Waals surface area (Å²) in [5.74, 6) is 0.320. The molecule has 184 valence electrons. The first kappa shape index (κ1) is 24.5. The first-order valence-electron chi connectivity index (χ1n) is 11.1. The molecule has 0 saturated heterocycles. The highest BCUT2D eigenvalue weighted by molar-refractivity contribution is 5.90. The second kappa shape index (κ2) is 11.7. The van der Waals surface area contributed by atoms with Crippen molar-refractivity contribution in [2.45, 2.75) is 6.54 Å². The van der Waals surface area contributed by atoms with Gasteiger partial charge in [-0.1, -0.05) is 30.3 Å². The summed E-state index contributed by atoms with van der Waals surface area (Å²) in [6.45, 7) is 1.50. The molecule has 0 radical (unpaired) electrons. The number of hydrogen-bond acceptors (Lipinski definition) is 7. The van der Waals surface area contributed by atoms with E-state index in [1.54, 1.807) is 24.7 Å². The summed E-state index contributed by atoms with van der Waals surface area (Å²) >= 11 is 0. The van der Waals surface area contributed by atoms with Gasteiger partial charge >= 0.3 is 6.03 Å². The highest BCUT2D eigenvalue weighted by Gasteiger charge is 2.12. The smallest absolute Gasteiger partial charge is 0.339 e. The maximum Gasteiger partial charge on any atom is 0.339 e. The predicted molar refractivity (Wildman–Crippen MR) is 134 cm³/mol. The fraction of sp³-hybridized carbons (Fsp3) is 0.160. The van der Waals surface area contributed by atoms with Gasteiger partial charge in [0.2, 0.25) is 0 Å². The SMILES string of the molecule is CN(C)CCn1cnnc1-c1cc(Oc2ccc(NC(=O)N/N=C/c3ccccc3)cc2F)ccn1. The van der Waals surface area contributed by atoms with Gasteiger partial charge in [0.05, 0.1) is 6.21 Å². The molecule has 0 saturated carbocycles. The molecule has 2 heterocycles. The molecule has 0 atom stereocenters. The number of carbonyl (C=O) groups excluding carboxylic acids is 1. The molecule has 0 fully saturated rings. The van der Waals surface area contributed by atoms with Crippen LogP contribution >= 0.6 is 0 Å². The van der Waals surface area contributed by atoms with Crippen LogP contribution in [0.3, 0.4) is 0 Å². The second-order valence-electron chi connectivity index (χ2n) is 8.01. The summed E-state index contributed by atoms with van der Waals surface area (Å²) in [7, 11) is 3.97. The third-order valence-corrected chi connectivity index (χ3v) is 4.96. The zero-order chi connectivity index (χ0) is 25.3. The van der Waals surface area contributed by atoms with Crippen molar-refractivity contribution in [2.24, 2.45) is 5.10 Å². The van der Waals surface area contributed by atoms with Crippen LogP contribution in [0, 0.1) is 5.82 Å². The van der Waals surface area contributed by atoms with E-state index in [0.717, 1.165) is 18.2 Å². The standard InChI is InChI=1S/C25H25FN8O2/c1-33(2)12-13-34-17-29-31-24(34)22-15-20(10-11-27-22)36-23-9-8-19(14-21(23)26)30-25(35)32-28-16-18-6-4-3-5-7-18/h3-11,14-17H,12-13H2,1-2H3,(H2,30,32,35)/b28-16+. The average Bonchev–Trinajstić information content (AvgIpc) is 3.34. The number of nitrogens with one attached hydrogen (secondary N) is 2. The Morgan fingerprint density at radius 1 is 1.17 bits per heavy atom. The molecule has 0 aliphatic carbocycles. The molecule has 0 aliphatic heterocycles. The Bertz CT molecular complexity index is 1340. The van der Waals surface area contributed by atoms with Crippen molar-refractivity contribution in [3.63, 3.8) is 0 Å². The highest BCUT2D eigenvalue weighted by atomic mass is 19.1. The van der Waals surface area contributed by atoms with Crippen molar-refractivity contribution in [2.75, 3.05) is 26.0 Å². The zero-order valence-corrected chi connectivity index (χ0v) is 19.8. The Balaban J connectivity index is 1.38. The number of carbonyl (C=O) groups is 1. The van der Waals surface area contributed by atoms with Crippen molar-refractivity contribution in [3.05, 3.63) is 84.6 Å². The first-order chi connectivity index (χ1) is 17.5. The number of amides is 2. The van der Waals surface area contributed by atoms with E-state index in [2.05, 4.69) is 35.9 Å². The van der Waals surface area contributed by atoms with Gasteiger partial charge in [-0.3, -0.25) is 4.98 Å². The van der Waals surface area contributed by atoms with Crippen LogP contribution < -0.4 is 15.5 Å². The molecule has 2 aromatic heterocycles. The number of aromatic nitrogens is 4. The third kappa shape index (κ3) is 6.70. The number of hydrogen-bond donors (Lipinski definition) is 2. The van der Waals surface area contributed by atoms with E-state index < -0.39 is 11.8 Å². The average molecular weight is 489 g/mol. The topological polar surface area (TPSA) is 110 Å². The van der Waals surface area contributed by atoms with Crippen molar-refractivity contribution in [3.8, 4) is 23.0 Å². The van der Waals surface area contributed by atoms with E-state index in [-0.39, 0.29) is 11.4 Å². The van der Waals surface area contributed by atoms with Gasteiger partial charge in [0.15, 0.2) is 17.4 Å². The van der Waals surface area contributed by atoms with Gasteiger partial charge in [-0.05, 0) is 37.9 Å². The van der Waals surface area contributed by atoms with E-state index in [1.165, 1.54) is 18.3 Å². The Kier molecular flexibility index (Phi) is 7.94. The maximum atomic E-state index is 14.7. The van der Waals surface area contributed by atoms with E-state index in [9.17, 15) is 9.18 Å². The van der Waals surface area contributed by atoms with Crippen LogP contribution in [0.5, 0.6) is 11.5 Å². The van der Waals surface area contributed by atoms with Gasteiger partial charge < -0.3 is 19.5 Å². The molecule has 4 rings (SSSR count). The summed E-state index contributed by atoms with van der Waals surface area (Å²) in [6.07, 6.45) is 4.71. The number of likely N-dealkylation sites (N-methyl/N-ethyl adjacent to an activating group) is 1. The van der Waals surface area contributed by atoms with Crippen molar-refractivity contribution in [1.29, 1.82) is 0 Å². The summed E-state index contributed by atoms with van der Waals surface area (Å²) in [5.41, 5.74) is 3.97. The van der Waals surface area contributed by atoms with Gasteiger partial charge in [0, 0.05) is 37.1 Å². The van der Waals surface area contributed by atoms with Crippen LogP contribution in [-0.2, 0) is 6.54 Å². The number of nitrogens with zero attached hydrogens (tertiary/aromatic N) is 6. The Labute approximate surface area is 207 Å². The quantitative estimate of drug-likeness (QED) is 0.272. The minimum absolute atomic E-state index is 0.00530. The maximum absolute atomic E-state index is 14.7. The van der Waals surface area contributed by atoms with Crippen molar-refractivity contribution in [1.82, 2.24) is 30.1 Å². The Hall–Kier alpha value is -4.64. The lowest BCUT2D eigenvalue weighted by Gasteiger charge is -2.12. The largest absolute Gasteiger partial charge is 0.454 e. The predicted octanol–water partition coefficient (Wildman–Crippen LogP) is 3.99. The van der Waals surface area contributed by atoms with Gasteiger partial charge in [-0.2, -0.15) is 5.10 Å². The van der Waals surface area contributed by atoms with Crippen LogP contribution in [0.25, 0.3) is 11.5 Å². The number of benzene rings is 2. The molecule has 2 amide bonds. The summed E-state index contributed by atoms with van der Waals surface area (Å²) in [6, 6.07) is 16.1. The summed E-state index contributed by atoms with van der Waals surface area (Å²) < 4.78 is 22.3. The van der Waals surface area contributed by atoms with E-state index in [1.807, 2.05) is 49.0 Å². The highest BCUT2D eigenvalue weighted by Crippen LogP contribution is 2.28. The molecule has 4 aromatic rings. The molecule has 0 aliphatic rings. The van der Waals surface area contributed by atoms with Crippen molar-refractivity contribution < 1.29 is 13.9 Å². The number of rotatable bonds is 9. The minimum atomic E-state index is -0.645. The molecule has 0 bridgehead atoms. The van der Waals surface area contributed by atoms with Gasteiger partial charge in [0.1, 0.15) is 17.8 Å².